The van der Waals surface area contributed by atoms with Gasteiger partial charge in [0.2, 0.25) is 0 Å². The zero-order valence-corrected chi connectivity index (χ0v) is 11.6. The molecule has 0 saturated heterocycles. The van der Waals surface area contributed by atoms with Gasteiger partial charge in [-0.1, -0.05) is 25.1 Å². The first-order valence-electron chi connectivity index (χ1n) is 7.14. The molecule has 0 aliphatic rings. The van der Waals surface area contributed by atoms with Crippen LogP contribution in [0.5, 0.6) is 0 Å². The molecule has 0 atom stereocenters. The number of aromatic nitrogens is 1. The average Bonchev–Trinajstić information content (AvgIpc) is 2.77. The van der Waals surface area contributed by atoms with Crippen molar-refractivity contribution in [3.8, 4) is 0 Å². The van der Waals surface area contributed by atoms with Crippen molar-refractivity contribution < 1.29 is 0 Å². The highest BCUT2D eigenvalue weighted by molar-refractivity contribution is 5.83. The third-order valence-electron chi connectivity index (χ3n) is 3.51. The standard InChI is InChI=1S/C16H24N2/c1-3-17-12-8-7-9-14-13-18(4-2)16-11-6-5-10-15(14)16/h5-6,10-11,13,17H,3-4,7-9,12H2,1-2H3. The molecule has 2 aromatic rings. The fourth-order valence-electron chi connectivity index (χ4n) is 2.53. The maximum atomic E-state index is 3.38. The van der Waals surface area contributed by atoms with E-state index >= 15 is 0 Å². The van der Waals surface area contributed by atoms with E-state index in [-0.39, 0.29) is 0 Å². The second-order valence-corrected chi connectivity index (χ2v) is 4.77. The maximum Gasteiger partial charge on any atom is 0.0483 e. The van der Waals surface area contributed by atoms with E-state index in [9.17, 15) is 0 Å². The second kappa shape index (κ2) is 6.60. The number of fused-ring (bicyclic) bond motifs is 1. The number of unbranched alkanes of at least 4 members (excludes halogenated alkanes) is 1. The first-order valence-corrected chi connectivity index (χ1v) is 7.14. The molecule has 98 valence electrons. The molecule has 0 aliphatic heterocycles. The highest BCUT2D eigenvalue weighted by Gasteiger charge is 2.06. The highest BCUT2D eigenvalue weighted by atomic mass is 14.9. The van der Waals surface area contributed by atoms with Gasteiger partial charge in [0.1, 0.15) is 0 Å². The van der Waals surface area contributed by atoms with Crippen LogP contribution in [0.25, 0.3) is 10.9 Å². The second-order valence-electron chi connectivity index (χ2n) is 4.77. The van der Waals surface area contributed by atoms with Crippen LogP contribution >= 0.6 is 0 Å². The van der Waals surface area contributed by atoms with Crippen molar-refractivity contribution in [3.05, 3.63) is 36.0 Å². The normalized spacial score (nSPS) is 11.2. The number of benzene rings is 1. The van der Waals surface area contributed by atoms with Gasteiger partial charge < -0.3 is 9.88 Å². The van der Waals surface area contributed by atoms with Gasteiger partial charge in [-0.2, -0.15) is 0 Å². The molecule has 0 spiro atoms. The molecule has 18 heavy (non-hydrogen) atoms. The lowest BCUT2D eigenvalue weighted by Crippen LogP contribution is -2.13. The maximum absolute atomic E-state index is 3.38. The van der Waals surface area contributed by atoms with Crippen molar-refractivity contribution in [2.45, 2.75) is 39.7 Å². The lowest BCUT2D eigenvalue weighted by molar-refractivity contribution is 0.641. The minimum Gasteiger partial charge on any atom is -0.347 e. The van der Waals surface area contributed by atoms with Crippen LogP contribution < -0.4 is 5.32 Å². The molecule has 2 rings (SSSR count). The Labute approximate surface area is 110 Å². The van der Waals surface area contributed by atoms with E-state index in [0.717, 1.165) is 19.6 Å². The minimum atomic E-state index is 1.05. The van der Waals surface area contributed by atoms with Gasteiger partial charge in [-0.05, 0) is 50.9 Å². The van der Waals surface area contributed by atoms with Crippen molar-refractivity contribution in [2.24, 2.45) is 0 Å². The Hall–Kier alpha value is -1.28. The van der Waals surface area contributed by atoms with Crippen molar-refractivity contribution in [3.63, 3.8) is 0 Å². The van der Waals surface area contributed by atoms with Gasteiger partial charge in [0.05, 0.1) is 0 Å². The van der Waals surface area contributed by atoms with Gasteiger partial charge >= 0.3 is 0 Å². The summed E-state index contributed by atoms with van der Waals surface area (Å²) < 4.78 is 2.36. The molecular weight excluding hydrogens is 220 g/mol. The molecule has 0 aliphatic carbocycles. The first-order chi connectivity index (χ1) is 8.86. The summed E-state index contributed by atoms with van der Waals surface area (Å²) in [7, 11) is 0. The Morgan fingerprint density at radius 1 is 1.11 bits per heavy atom. The predicted molar refractivity (Wildman–Crippen MR) is 79.1 cm³/mol. The van der Waals surface area contributed by atoms with Crippen LogP contribution in [-0.2, 0) is 13.0 Å². The molecular formula is C16H24N2. The summed E-state index contributed by atoms with van der Waals surface area (Å²) in [6.07, 6.45) is 6.06. The van der Waals surface area contributed by atoms with Crippen LogP contribution in [0.2, 0.25) is 0 Å². The number of nitrogens with zero attached hydrogens (tertiary/aromatic N) is 1. The fourth-order valence-corrected chi connectivity index (χ4v) is 2.53. The molecule has 2 nitrogen and oxygen atoms in total. The summed E-state index contributed by atoms with van der Waals surface area (Å²) in [5.41, 5.74) is 2.88. The molecule has 0 fully saturated rings. The summed E-state index contributed by atoms with van der Waals surface area (Å²) in [6.45, 7) is 7.65. The summed E-state index contributed by atoms with van der Waals surface area (Å²) >= 11 is 0. The molecule has 2 heteroatoms. The van der Waals surface area contributed by atoms with Crippen molar-refractivity contribution in [1.82, 2.24) is 9.88 Å². The first kappa shape index (κ1) is 13.2. The van der Waals surface area contributed by atoms with E-state index in [1.807, 2.05) is 0 Å². The quantitative estimate of drug-likeness (QED) is 0.736. The van der Waals surface area contributed by atoms with E-state index in [2.05, 4.69) is 54.2 Å². The van der Waals surface area contributed by atoms with Gasteiger partial charge in [-0.15, -0.1) is 0 Å². The number of hydrogen-bond donors (Lipinski definition) is 1. The number of aryl methyl sites for hydroxylation is 2. The number of hydrogen-bond acceptors (Lipinski definition) is 1. The van der Waals surface area contributed by atoms with Crippen LogP contribution in [0.1, 0.15) is 32.3 Å². The average molecular weight is 244 g/mol. The van der Waals surface area contributed by atoms with E-state index in [1.165, 1.54) is 35.7 Å². The molecule has 1 aromatic heterocycles. The van der Waals surface area contributed by atoms with Crippen LogP contribution in [0.4, 0.5) is 0 Å². The van der Waals surface area contributed by atoms with Crippen LogP contribution in [0.3, 0.4) is 0 Å². The summed E-state index contributed by atoms with van der Waals surface area (Å²) in [5.74, 6) is 0. The van der Waals surface area contributed by atoms with Crippen molar-refractivity contribution in [1.29, 1.82) is 0 Å². The van der Waals surface area contributed by atoms with Gasteiger partial charge in [-0.25, -0.2) is 0 Å². The Bertz CT molecular complexity index is 485. The molecule has 0 unspecified atom stereocenters. The van der Waals surface area contributed by atoms with E-state index in [1.54, 1.807) is 0 Å². The fraction of sp³-hybridized carbons (Fsp3) is 0.500. The van der Waals surface area contributed by atoms with E-state index < -0.39 is 0 Å². The van der Waals surface area contributed by atoms with Crippen molar-refractivity contribution >= 4 is 10.9 Å². The molecule has 0 saturated carbocycles. The van der Waals surface area contributed by atoms with Gasteiger partial charge in [-0.3, -0.25) is 0 Å². The smallest absolute Gasteiger partial charge is 0.0483 e. The Morgan fingerprint density at radius 3 is 2.72 bits per heavy atom. The van der Waals surface area contributed by atoms with Gasteiger partial charge in [0.25, 0.3) is 0 Å². The zero-order chi connectivity index (χ0) is 12.8. The monoisotopic (exact) mass is 244 g/mol. The third-order valence-corrected chi connectivity index (χ3v) is 3.51. The third kappa shape index (κ3) is 2.94. The SMILES string of the molecule is CCNCCCCc1cn(CC)c2ccccc12. The molecule has 0 radical (unpaired) electrons. The minimum absolute atomic E-state index is 1.05. The highest BCUT2D eigenvalue weighted by Crippen LogP contribution is 2.22. The largest absolute Gasteiger partial charge is 0.347 e. The topological polar surface area (TPSA) is 17.0 Å². The van der Waals surface area contributed by atoms with Crippen LogP contribution in [0.15, 0.2) is 30.5 Å². The van der Waals surface area contributed by atoms with Gasteiger partial charge in [0.15, 0.2) is 0 Å². The molecule has 1 heterocycles. The molecule has 0 amide bonds. The summed E-state index contributed by atoms with van der Waals surface area (Å²) in [5, 5.41) is 4.82. The molecule has 1 aromatic carbocycles. The van der Waals surface area contributed by atoms with E-state index in [4.69, 9.17) is 0 Å². The number of nitrogens with one attached hydrogen (secondary N) is 1. The van der Waals surface area contributed by atoms with Crippen LogP contribution in [-0.4, -0.2) is 17.7 Å². The molecule has 0 bridgehead atoms. The summed E-state index contributed by atoms with van der Waals surface area (Å²) in [4.78, 5) is 0. The lowest BCUT2D eigenvalue weighted by atomic mass is 10.1. The number of para-hydroxylation sites is 1. The lowest BCUT2D eigenvalue weighted by Gasteiger charge is -2.01. The Balaban J connectivity index is 2.04. The Kier molecular flexibility index (Phi) is 4.82. The predicted octanol–water partition coefficient (Wildman–Crippen LogP) is 3.59. The van der Waals surface area contributed by atoms with Gasteiger partial charge in [0, 0.05) is 23.6 Å². The van der Waals surface area contributed by atoms with E-state index in [0.29, 0.717) is 0 Å². The Morgan fingerprint density at radius 2 is 1.94 bits per heavy atom. The zero-order valence-electron chi connectivity index (χ0n) is 11.6. The van der Waals surface area contributed by atoms with Crippen molar-refractivity contribution in [2.75, 3.05) is 13.1 Å². The van der Waals surface area contributed by atoms with Crippen LogP contribution in [0, 0.1) is 0 Å². The molecule has 1 N–H and O–H groups in total. The number of rotatable bonds is 7. The summed E-state index contributed by atoms with van der Waals surface area (Å²) in [6, 6.07) is 8.75.